The first-order valence-electron chi connectivity index (χ1n) is 9.97. The summed E-state index contributed by atoms with van der Waals surface area (Å²) in [7, 11) is 1.58. The number of hydrogen-bond donors (Lipinski definition) is 0. The first-order chi connectivity index (χ1) is 15.1. The third kappa shape index (κ3) is 4.31. The molecule has 0 unspecified atom stereocenters. The number of aryl methyl sites for hydroxylation is 1. The van der Waals surface area contributed by atoms with Crippen LogP contribution in [0.4, 0.5) is 0 Å². The van der Waals surface area contributed by atoms with Crippen molar-refractivity contribution in [1.29, 1.82) is 0 Å². The fourth-order valence-corrected chi connectivity index (χ4v) is 3.45. The number of methoxy groups -OCH3 is 1. The van der Waals surface area contributed by atoms with Crippen molar-refractivity contribution < 1.29 is 14.3 Å². The van der Waals surface area contributed by atoms with Crippen LogP contribution in [0, 0.1) is 6.92 Å². The number of fused-ring (bicyclic) bond motifs is 1. The van der Waals surface area contributed by atoms with E-state index in [9.17, 15) is 9.59 Å². The summed E-state index contributed by atoms with van der Waals surface area (Å²) in [4.78, 5) is 30.5. The molecule has 4 rings (SSSR count). The molecule has 0 saturated heterocycles. The molecule has 5 heteroatoms. The van der Waals surface area contributed by atoms with E-state index in [0.717, 1.165) is 16.6 Å². The quantitative estimate of drug-likeness (QED) is 0.313. The van der Waals surface area contributed by atoms with Crippen LogP contribution in [0.5, 0.6) is 5.75 Å². The van der Waals surface area contributed by atoms with E-state index in [-0.39, 0.29) is 23.9 Å². The summed E-state index contributed by atoms with van der Waals surface area (Å²) in [5.74, 6) is 0.569. The van der Waals surface area contributed by atoms with Crippen LogP contribution in [-0.4, -0.2) is 28.2 Å². The highest BCUT2D eigenvalue weighted by molar-refractivity contribution is 6.07. The molecule has 0 N–H and O–H groups in total. The van der Waals surface area contributed by atoms with Crippen LogP contribution < -0.4 is 4.74 Å². The van der Waals surface area contributed by atoms with Crippen molar-refractivity contribution in [2.45, 2.75) is 13.5 Å². The molecule has 0 fully saturated rings. The number of imidazole rings is 1. The van der Waals surface area contributed by atoms with E-state index in [1.165, 1.54) is 6.08 Å². The second-order valence-electron chi connectivity index (χ2n) is 7.22. The molecule has 31 heavy (non-hydrogen) atoms. The Balaban J connectivity index is 1.67. The number of para-hydroxylation sites is 2. The Morgan fingerprint density at radius 2 is 1.68 bits per heavy atom. The summed E-state index contributed by atoms with van der Waals surface area (Å²) in [5.41, 5.74) is 4.02. The van der Waals surface area contributed by atoms with Crippen LogP contribution >= 0.6 is 0 Å². The summed E-state index contributed by atoms with van der Waals surface area (Å²) in [5, 5.41) is 0. The predicted molar refractivity (Wildman–Crippen MR) is 122 cm³/mol. The molecule has 0 spiro atoms. The lowest BCUT2D eigenvalue weighted by atomic mass is 10.1. The van der Waals surface area contributed by atoms with E-state index in [4.69, 9.17) is 4.74 Å². The molecule has 0 aliphatic heterocycles. The van der Waals surface area contributed by atoms with Crippen molar-refractivity contribution in [3.8, 4) is 5.75 Å². The molecule has 1 heterocycles. The zero-order valence-electron chi connectivity index (χ0n) is 17.4. The fraction of sp³-hybridized carbons (Fsp3) is 0.115. The van der Waals surface area contributed by atoms with Crippen molar-refractivity contribution in [2.75, 3.05) is 7.11 Å². The van der Waals surface area contributed by atoms with Gasteiger partial charge in [-0.25, -0.2) is 4.98 Å². The lowest BCUT2D eigenvalue weighted by Crippen LogP contribution is -2.15. The van der Waals surface area contributed by atoms with Gasteiger partial charge in [0.05, 0.1) is 24.7 Å². The van der Waals surface area contributed by atoms with E-state index in [1.54, 1.807) is 42.0 Å². The number of Topliss-reactive ketones (excluding diaryl/α,β-unsaturated/α-hetero) is 1. The third-order valence-corrected chi connectivity index (χ3v) is 5.19. The van der Waals surface area contributed by atoms with Crippen LogP contribution in [-0.2, 0) is 6.54 Å². The number of benzene rings is 3. The summed E-state index contributed by atoms with van der Waals surface area (Å²) < 4.78 is 6.84. The first-order valence-corrected chi connectivity index (χ1v) is 9.97. The fourth-order valence-electron chi connectivity index (χ4n) is 3.45. The zero-order valence-corrected chi connectivity index (χ0v) is 17.4. The van der Waals surface area contributed by atoms with E-state index >= 15 is 0 Å². The van der Waals surface area contributed by atoms with Gasteiger partial charge < -0.3 is 9.30 Å². The number of ketones is 2. The number of aromatic nitrogens is 2. The minimum Gasteiger partial charge on any atom is -0.497 e. The van der Waals surface area contributed by atoms with Gasteiger partial charge in [0, 0.05) is 5.56 Å². The Hall–Kier alpha value is -3.99. The average Bonchev–Trinajstić information content (AvgIpc) is 3.17. The lowest BCUT2D eigenvalue weighted by Gasteiger charge is -2.08. The number of allylic oxidation sites excluding steroid dienone is 1. The zero-order chi connectivity index (χ0) is 21.8. The topological polar surface area (TPSA) is 61.2 Å². The van der Waals surface area contributed by atoms with E-state index < -0.39 is 0 Å². The minimum absolute atomic E-state index is 0.0200. The van der Waals surface area contributed by atoms with Crippen molar-refractivity contribution >= 4 is 28.7 Å². The van der Waals surface area contributed by atoms with Gasteiger partial charge in [-0.15, -0.1) is 0 Å². The van der Waals surface area contributed by atoms with Crippen LogP contribution in [0.2, 0.25) is 0 Å². The lowest BCUT2D eigenvalue weighted by molar-refractivity contribution is 0.0969. The maximum atomic E-state index is 13.0. The number of carbonyl (C=O) groups is 2. The van der Waals surface area contributed by atoms with Crippen molar-refractivity contribution in [3.05, 3.63) is 101 Å². The molecule has 0 saturated carbocycles. The maximum Gasteiger partial charge on any atom is 0.221 e. The summed E-state index contributed by atoms with van der Waals surface area (Å²) in [6.45, 7) is 2.01. The maximum absolute atomic E-state index is 13.0. The normalized spacial score (nSPS) is 11.2. The second kappa shape index (κ2) is 8.79. The smallest absolute Gasteiger partial charge is 0.221 e. The number of ether oxygens (including phenoxy) is 1. The van der Waals surface area contributed by atoms with Gasteiger partial charge in [-0.1, -0.05) is 42.5 Å². The van der Waals surface area contributed by atoms with Crippen molar-refractivity contribution in [1.82, 2.24) is 9.55 Å². The molecular weight excluding hydrogens is 388 g/mol. The molecule has 4 aromatic rings. The molecule has 154 valence electrons. The molecule has 0 amide bonds. The molecule has 0 radical (unpaired) electrons. The largest absolute Gasteiger partial charge is 0.497 e. The van der Waals surface area contributed by atoms with Gasteiger partial charge >= 0.3 is 0 Å². The van der Waals surface area contributed by atoms with Crippen molar-refractivity contribution in [2.24, 2.45) is 0 Å². The highest BCUT2D eigenvalue weighted by Crippen LogP contribution is 2.19. The number of rotatable bonds is 7. The van der Waals surface area contributed by atoms with Gasteiger partial charge in [-0.2, -0.15) is 0 Å². The Labute approximate surface area is 180 Å². The summed E-state index contributed by atoms with van der Waals surface area (Å²) >= 11 is 0. The van der Waals surface area contributed by atoms with Gasteiger partial charge in [0.25, 0.3) is 0 Å². The number of nitrogens with zero attached hydrogens (tertiary/aromatic N) is 2. The van der Waals surface area contributed by atoms with Crippen LogP contribution in [0.1, 0.15) is 32.1 Å². The Morgan fingerprint density at radius 1 is 0.968 bits per heavy atom. The number of hydrogen-bond acceptors (Lipinski definition) is 4. The van der Waals surface area contributed by atoms with Crippen LogP contribution in [0.15, 0.2) is 78.9 Å². The molecule has 0 atom stereocenters. The second-order valence-corrected chi connectivity index (χ2v) is 7.22. The first kappa shape index (κ1) is 20.3. The Kier molecular flexibility index (Phi) is 5.76. The van der Waals surface area contributed by atoms with E-state index in [2.05, 4.69) is 4.98 Å². The van der Waals surface area contributed by atoms with E-state index in [1.807, 2.05) is 55.5 Å². The summed E-state index contributed by atoms with van der Waals surface area (Å²) in [6, 6.07) is 22.2. The SMILES string of the molecule is COc1ccc(C(=O)Cn2c(C(=O)/C=C\c3ccccc3C)nc3ccccc32)cc1. The minimum atomic E-state index is -0.248. The average molecular weight is 410 g/mol. The molecule has 1 aromatic heterocycles. The third-order valence-electron chi connectivity index (χ3n) is 5.19. The summed E-state index contributed by atoms with van der Waals surface area (Å²) in [6.07, 6.45) is 3.30. The Morgan fingerprint density at radius 3 is 2.42 bits per heavy atom. The Bertz CT molecular complexity index is 1280. The molecule has 3 aromatic carbocycles. The van der Waals surface area contributed by atoms with Gasteiger partial charge in [-0.3, -0.25) is 9.59 Å². The van der Waals surface area contributed by atoms with Crippen LogP contribution in [0.3, 0.4) is 0 Å². The van der Waals surface area contributed by atoms with Gasteiger partial charge in [-0.05, 0) is 60.5 Å². The van der Waals surface area contributed by atoms with E-state index in [0.29, 0.717) is 16.8 Å². The molecule has 0 aliphatic carbocycles. The van der Waals surface area contributed by atoms with Crippen LogP contribution in [0.25, 0.3) is 17.1 Å². The molecule has 0 bridgehead atoms. The standard InChI is InChI=1S/C26H22N2O3/c1-18-7-3-4-8-19(18)13-16-24(29)26-27-22-9-5-6-10-23(22)28(26)17-25(30)20-11-14-21(31-2)15-12-20/h3-16H,17H2,1-2H3/b16-13-. The van der Waals surface area contributed by atoms with Crippen molar-refractivity contribution in [3.63, 3.8) is 0 Å². The molecule has 5 nitrogen and oxygen atoms in total. The number of carbonyl (C=O) groups excluding carboxylic acids is 2. The van der Waals surface area contributed by atoms with Gasteiger partial charge in [0.15, 0.2) is 11.6 Å². The highest BCUT2D eigenvalue weighted by Gasteiger charge is 2.18. The predicted octanol–water partition coefficient (Wildman–Crippen LogP) is 5.13. The molecule has 0 aliphatic rings. The monoisotopic (exact) mass is 410 g/mol. The highest BCUT2D eigenvalue weighted by atomic mass is 16.5. The van der Waals surface area contributed by atoms with Gasteiger partial charge in [0.2, 0.25) is 5.78 Å². The van der Waals surface area contributed by atoms with Gasteiger partial charge in [0.1, 0.15) is 5.75 Å². The molecular formula is C26H22N2O3.